The molecule has 0 amide bonds. The van der Waals surface area contributed by atoms with Gasteiger partial charge in [-0.25, -0.2) is 0 Å². The van der Waals surface area contributed by atoms with Crippen LogP contribution in [-0.4, -0.2) is 29.3 Å². The van der Waals surface area contributed by atoms with Gasteiger partial charge in [0.2, 0.25) is 0 Å². The van der Waals surface area contributed by atoms with Crippen molar-refractivity contribution in [2.45, 2.75) is 110 Å². The summed E-state index contributed by atoms with van der Waals surface area (Å²) in [5.41, 5.74) is 0. The second-order valence-electron chi connectivity index (χ2n) is 6.35. The van der Waals surface area contributed by atoms with Gasteiger partial charge in [-0.15, -0.1) is 0 Å². The SMILES string of the molecule is CCCCCCCCCCCCCCCCCC=O.O.O=S(=O)(O)O.[Cr]. The van der Waals surface area contributed by atoms with Crippen molar-refractivity contribution in [3.05, 3.63) is 0 Å². The molecule has 160 valence electrons. The van der Waals surface area contributed by atoms with Crippen LogP contribution in [0.15, 0.2) is 0 Å². The van der Waals surface area contributed by atoms with Gasteiger partial charge >= 0.3 is 10.4 Å². The molecule has 4 N–H and O–H groups in total. The van der Waals surface area contributed by atoms with E-state index in [9.17, 15) is 4.79 Å². The van der Waals surface area contributed by atoms with Gasteiger partial charge in [-0.05, 0) is 6.42 Å². The number of unbranched alkanes of at least 4 members (excludes halogenated alkanes) is 15. The Kier molecular flexibility index (Phi) is 35.2. The molecule has 0 atom stereocenters. The third-order valence-electron chi connectivity index (χ3n) is 3.93. The van der Waals surface area contributed by atoms with Gasteiger partial charge in [-0.2, -0.15) is 8.42 Å². The van der Waals surface area contributed by atoms with Crippen LogP contribution >= 0.6 is 0 Å². The molecule has 26 heavy (non-hydrogen) atoms. The molecule has 0 fully saturated rings. The van der Waals surface area contributed by atoms with E-state index < -0.39 is 10.4 Å². The molecular formula is C18H40CrO6S. The van der Waals surface area contributed by atoms with E-state index in [2.05, 4.69) is 6.92 Å². The van der Waals surface area contributed by atoms with Crippen molar-refractivity contribution in [2.24, 2.45) is 0 Å². The van der Waals surface area contributed by atoms with Crippen LogP contribution in [0.25, 0.3) is 0 Å². The second-order valence-corrected chi connectivity index (χ2v) is 7.25. The van der Waals surface area contributed by atoms with Crippen LogP contribution in [0.1, 0.15) is 110 Å². The van der Waals surface area contributed by atoms with Crippen LogP contribution in [0.3, 0.4) is 0 Å². The standard InChI is InChI=1S/C18H36O.Cr.H2O4S.H2O/c1-2-3-4-5-6-7-8-9-10-11-12-13-14-15-16-17-18-19;;1-5(2,3)4;/h18H,2-17H2,1H3;;(H2,1,2,3,4);1H2. The zero-order chi connectivity index (χ0) is 18.5. The summed E-state index contributed by atoms with van der Waals surface area (Å²) < 4.78 is 31.6. The molecule has 0 aliphatic carbocycles. The molecule has 0 spiro atoms. The quantitative estimate of drug-likeness (QED) is 0.201. The Balaban J connectivity index is -0.000000304. The fourth-order valence-corrected chi connectivity index (χ4v) is 2.60. The summed E-state index contributed by atoms with van der Waals surface area (Å²) >= 11 is 0. The molecule has 0 heterocycles. The van der Waals surface area contributed by atoms with Crippen LogP contribution in [-0.2, 0) is 32.6 Å². The molecule has 0 aromatic rings. The molecule has 0 rings (SSSR count). The average molecular weight is 437 g/mol. The van der Waals surface area contributed by atoms with Crippen LogP contribution < -0.4 is 0 Å². The van der Waals surface area contributed by atoms with Gasteiger partial charge in [0.15, 0.2) is 0 Å². The van der Waals surface area contributed by atoms with E-state index in [-0.39, 0.29) is 22.8 Å². The maximum absolute atomic E-state index is 10.1. The average Bonchev–Trinajstić information content (AvgIpc) is 2.49. The van der Waals surface area contributed by atoms with Crippen LogP contribution in [0.2, 0.25) is 0 Å². The van der Waals surface area contributed by atoms with Crippen LogP contribution in [0.4, 0.5) is 0 Å². The van der Waals surface area contributed by atoms with Crippen molar-refractivity contribution >= 4 is 16.7 Å². The zero-order valence-electron chi connectivity index (χ0n) is 16.3. The fraction of sp³-hybridized carbons (Fsp3) is 0.944. The number of aldehydes is 1. The molecule has 0 aromatic carbocycles. The van der Waals surface area contributed by atoms with E-state index in [0.29, 0.717) is 0 Å². The van der Waals surface area contributed by atoms with Gasteiger partial charge < -0.3 is 10.3 Å². The summed E-state index contributed by atoms with van der Waals surface area (Å²) in [4.78, 5) is 10.1. The van der Waals surface area contributed by atoms with Crippen molar-refractivity contribution in [3.8, 4) is 0 Å². The number of hydrogen-bond donors (Lipinski definition) is 2. The number of carbonyl (C=O) groups excluding carboxylic acids is 1. The summed E-state index contributed by atoms with van der Waals surface area (Å²) in [7, 11) is -4.67. The van der Waals surface area contributed by atoms with E-state index >= 15 is 0 Å². The summed E-state index contributed by atoms with van der Waals surface area (Å²) in [6.45, 7) is 2.28. The minimum absolute atomic E-state index is 0. The van der Waals surface area contributed by atoms with Gasteiger partial charge in [0.25, 0.3) is 0 Å². The molecular weight excluding hydrogens is 396 g/mol. The first kappa shape index (κ1) is 33.6. The Bertz CT molecular complexity index is 342. The molecule has 6 nitrogen and oxygen atoms in total. The van der Waals surface area contributed by atoms with Gasteiger partial charge in [-0.3, -0.25) is 9.11 Å². The molecule has 0 saturated heterocycles. The first-order valence-corrected chi connectivity index (χ1v) is 10.9. The van der Waals surface area contributed by atoms with Crippen LogP contribution in [0.5, 0.6) is 0 Å². The van der Waals surface area contributed by atoms with Crippen molar-refractivity contribution in [1.29, 1.82) is 0 Å². The fourth-order valence-electron chi connectivity index (χ4n) is 2.60. The van der Waals surface area contributed by atoms with Crippen molar-refractivity contribution in [3.63, 3.8) is 0 Å². The predicted octanol–water partition coefficient (Wildman–Crippen LogP) is 4.97. The zero-order valence-corrected chi connectivity index (χ0v) is 18.4. The number of hydrogen-bond acceptors (Lipinski definition) is 3. The first-order valence-electron chi connectivity index (χ1n) is 9.55. The normalized spacial score (nSPS) is 10.1. The third kappa shape index (κ3) is 49.6. The van der Waals surface area contributed by atoms with Gasteiger partial charge in [0, 0.05) is 23.8 Å². The van der Waals surface area contributed by atoms with Crippen molar-refractivity contribution in [1.82, 2.24) is 0 Å². The number of carbonyl (C=O) groups is 1. The minimum atomic E-state index is -4.67. The maximum atomic E-state index is 10.1. The summed E-state index contributed by atoms with van der Waals surface area (Å²) in [6, 6.07) is 0. The Morgan fingerprint density at radius 2 is 0.885 bits per heavy atom. The molecule has 0 unspecified atom stereocenters. The van der Waals surface area contributed by atoms with Crippen molar-refractivity contribution < 1.29 is 45.2 Å². The Labute approximate surface area is 171 Å². The van der Waals surface area contributed by atoms with E-state index in [0.717, 1.165) is 19.1 Å². The van der Waals surface area contributed by atoms with Gasteiger partial charge in [0.05, 0.1) is 0 Å². The second kappa shape index (κ2) is 27.3. The Hall–Kier alpha value is 0.0325. The third-order valence-corrected chi connectivity index (χ3v) is 3.93. The Morgan fingerprint density at radius 3 is 1.12 bits per heavy atom. The van der Waals surface area contributed by atoms with Crippen LogP contribution in [0, 0.1) is 0 Å². The van der Waals surface area contributed by atoms with E-state index in [1.54, 1.807) is 0 Å². The first-order chi connectivity index (χ1) is 11.4. The number of rotatable bonds is 16. The topological polar surface area (TPSA) is 123 Å². The Morgan fingerprint density at radius 1 is 0.654 bits per heavy atom. The molecule has 0 saturated carbocycles. The largest absolute Gasteiger partial charge is 0.412 e. The maximum Gasteiger partial charge on any atom is 0.394 e. The van der Waals surface area contributed by atoms with Crippen molar-refractivity contribution in [2.75, 3.05) is 0 Å². The molecule has 8 heteroatoms. The molecule has 0 radical (unpaired) electrons. The predicted molar refractivity (Wildman–Crippen MR) is 103 cm³/mol. The molecule has 0 aliphatic rings. The van der Waals surface area contributed by atoms with Gasteiger partial charge in [-0.1, -0.05) is 96.8 Å². The summed E-state index contributed by atoms with van der Waals surface area (Å²) in [5.74, 6) is 0. The minimum Gasteiger partial charge on any atom is -0.412 e. The smallest absolute Gasteiger partial charge is 0.394 e. The molecule has 0 bridgehead atoms. The summed E-state index contributed by atoms with van der Waals surface area (Å²) in [5, 5.41) is 0. The molecule has 0 aliphatic heterocycles. The van der Waals surface area contributed by atoms with E-state index in [1.165, 1.54) is 89.9 Å². The summed E-state index contributed by atoms with van der Waals surface area (Å²) in [6.07, 6.45) is 22.6. The molecule has 0 aromatic heterocycles. The van der Waals surface area contributed by atoms with E-state index in [1.807, 2.05) is 0 Å². The van der Waals surface area contributed by atoms with Gasteiger partial charge in [0.1, 0.15) is 6.29 Å². The van der Waals surface area contributed by atoms with E-state index in [4.69, 9.17) is 17.5 Å². The monoisotopic (exact) mass is 436 g/mol.